The first-order valence-corrected chi connectivity index (χ1v) is 12.3. The molecule has 0 spiro atoms. The molecule has 1 saturated heterocycles. The van der Waals surface area contributed by atoms with Crippen LogP contribution in [0.4, 0.5) is 0 Å². The third-order valence-corrected chi connectivity index (χ3v) is 6.51. The van der Waals surface area contributed by atoms with Crippen LogP contribution in [0.5, 0.6) is 0 Å². The molecule has 0 radical (unpaired) electrons. The predicted molar refractivity (Wildman–Crippen MR) is 145 cm³/mol. The van der Waals surface area contributed by atoms with E-state index in [0.29, 0.717) is 24.9 Å². The third-order valence-electron chi connectivity index (χ3n) is 6.51. The van der Waals surface area contributed by atoms with Crippen LogP contribution in [0, 0.1) is 0 Å². The summed E-state index contributed by atoms with van der Waals surface area (Å²) in [4.78, 5) is 41.0. The van der Waals surface area contributed by atoms with Gasteiger partial charge in [-0.1, -0.05) is 60.7 Å². The molecule has 3 aromatic carbocycles. The monoisotopic (exact) mass is 524 g/mol. The number of nitrogens with one attached hydrogen (secondary N) is 2. The van der Waals surface area contributed by atoms with Gasteiger partial charge in [0.2, 0.25) is 11.8 Å². The number of nitrogens with zero attached hydrogens (tertiary/aromatic N) is 1. The minimum Gasteiger partial charge on any atom is -0.390 e. The van der Waals surface area contributed by atoms with Gasteiger partial charge in [0.1, 0.15) is 12.1 Å². The lowest BCUT2D eigenvalue weighted by Gasteiger charge is -2.27. The van der Waals surface area contributed by atoms with E-state index in [1.54, 1.807) is 29.2 Å². The van der Waals surface area contributed by atoms with Crippen molar-refractivity contribution in [2.45, 2.75) is 37.5 Å². The van der Waals surface area contributed by atoms with Crippen LogP contribution in [-0.4, -0.2) is 65.5 Å². The lowest BCUT2D eigenvalue weighted by Crippen LogP contribution is -2.54. The van der Waals surface area contributed by atoms with E-state index in [4.69, 9.17) is 5.73 Å². The number of halogens is 1. The molecule has 1 fully saturated rings. The van der Waals surface area contributed by atoms with Gasteiger partial charge in [0.05, 0.1) is 6.10 Å². The zero-order valence-corrected chi connectivity index (χ0v) is 21.3. The number of rotatable bonds is 9. The van der Waals surface area contributed by atoms with Gasteiger partial charge >= 0.3 is 0 Å². The number of aliphatic hydroxyl groups is 1. The van der Waals surface area contributed by atoms with E-state index in [1.807, 2.05) is 48.5 Å². The molecule has 1 aliphatic rings. The molecule has 3 atom stereocenters. The second kappa shape index (κ2) is 13.2. The summed E-state index contributed by atoms with van der Waals surface area (Å²) >= 11 is 0. The van der Waals surface area contributed by atoms with Crippen molar-refractivity contribution in [2.24, 2.45) is 5.73 Å². The maximum atomic E-state index is 13.3. The average Bonchev–Trinajstić information content (AvgIpc) is 3.41. The first-order chi connectivity index (χ1) is 17.5. The third kappa shape index (κ3) is 7.07. The zero-order valence-electron chi connectivity index (χ0n) is 20.5. The van der Waals surface area contributed by atoms with Crippen molar-refractivity contribution >= 4 is 40.9 Å². The van der Waals surface area contributed by atoms with E-state index in [2.05, 4.69) is 10.6 Å². The molecule has 9 heteroatoms. The summed E-state index contributed by atoms with van der Waals surface area (Å²) in [7, 11) is 0. The highest BCUT2D eigenvalue weighted by Gasteiger charge is 2.36. The number of hydrogen-bond acceptors (Lipinski definition) is 5. The lowest BCUT2D eigenvalue weighted by molar-refractivity contribution is -0.131. The van der Waals surface area contributed by atoms with Gasteiger partial charge in [-0.15, -0.1) is 12.4 Å². The Morgan fingerprint density at radius 2 is 1.70 bits per heavy atom. The second-order valence-corrected chi connectivity index (χ2v) is 9.10. The lowest BCUT2D eigenvalue weighted by atomic mass is 10.0. The van der Waals surface area contributed by atoms with Gasteiger partial charge in [-0.05, 0) is 41.3 Å². The zero-order chi connectivity index (χ0) is 25.5. The van der Waals surface area contributed by atoms with Crippen LogP contribution in [0.1, 0.15) is 28.8 Å². The van der Waals surface area contributed by atoms with Crippen molar-refractivity contribution in [1.29, 1.82) is 0 Å². The Kier molecular flexibility index (Phi) is 10.0. The molecule has 8 nitrogen and oxygen atoms in total. The molecule has 196 valence electrons. The molecule has 0 aromatic heterocycles. The summed E-state index contributed by atoms with van der Waals surface area (Å²) in [5, 5.41) is 17.5. The number of carbonyl (C=O) groups excluding carboxylic acids is 3. The molecule has 0 saturated carbocycles. The molecule has 4 rings (SSSR count). The number of carbonyl (C=O) groups is 3. The van der Waals surface area contributed by atoms with Gasteiger partial charge in [0.25, 0.3) is 5.91 Å². The fourth-order valence-corrected chi connectivity index (χ4v) is 4.53. The van der Waals surface area contributed by atoms with E-state index >= 15 is 0 Å². The van der Waals surface area contributed by atoms with Crippen LogP contribution in [0.3, 0.4) is 0 Å². The van der Waals surface area contributed by atoms with Crippen molar-refractivity contribution in [3.63, 3.8) is 0 Å². The number of fused-ring (bicyclic) bond motifs is 1. The molecule has 0 bridgehead atoms. The number of benzene rings is 3. The van der Waals surface area contributed by atoms with Gasteiger partial charge in [-0.2, -0.15) is 0 Å². The van der Waals surface area contributed by atoms with Crippen molar-refractivity contribution in [1.82, 2.24) is 15.5 Å². The predicted octanol–water partition coefficient (Wildman–Crippen LogP) is 2.03. The van der Waals surface area contributed by atoms with Crippen molar-refractivity contribution < 1.29 is 19.5 Å². The Morgan fingerprint density at radius 1 is 1.00 bits per heavy atom. The minimum atomic E-state index is -0.877. The Hall–Kier alpha value is -3.46. The van der Waals surface area contributed by atoms with Gasteiger partial charge in [-0.3, -0.25) is 14.4 Å². The molecular weight excluding hydrogens is 492 g/mol. The summed E-state index contributed by atoms with van der Waals surface area (Å²) in [5.74, 6) is -0.977. The van der Waals surface area contributed by atoms with Gasteiger partial charge in [0.15, 0.2) is 0 Å². The molecule has 3 aromatic rings. The maximum Gasteiger partial charge on any atom is 0.254 e. The Labute approximate surface area is 222 Å². The smallest absolute Gasteiger partial charge is 0.254 e. The van der Waals surface area contributed by atoms with Crippen LogP contribution in [-0.2, 0) is 16.0 Å². The summed E-state index contributed by atoms with van der Waals surface area (Å²) in [6.07, 6.45) is 0.627. The van der Waals surface area contributed by atoms with Crippen LogP contribution in [0.15, 0.2) is 72.8 Å². The molecule has 0 aliphatic carbocycles. The first-order valence-electron chi connectivity index (χ1n) is 12.3. The number of hydrogen-bond donors (Lipinski definition) is 4. The van der Waals surface area contributed by atoms with Crippen LogP contribution in [0.25, 0.3) is 10.8 Å². The maximum absolute atomic E-state index is 13.3. The van der Waals surface area contributed by atoms with Gasteiger partial charge in [-0.25, -0.2) is 0 Å². The normalized spacial score (nSPS) is 16.5. The SMILES string of the molecule is Cl.NCC(O)CNC(=O)[C@@H](Cc1ccc2ccccc2c1)NC(=O)C1CCCN1C(=O)c1ccccc1. The van der Waals surface area contributed by atoms with Crippen LogP contribution < -0.4 is 16.4 Å². The second-order valence-electron chi connectivity index (χ2n) is 9.10. The summed E-state index contributed by atoms with van der Waals surface area (Å²) < 4.78 is 0. The highest BCUT2D eigenvalue weighted by molar-refractivity contribution is 5.98. The van der Waals surface area contributed by atoms with Crippen molar-refractivity contribution in [3.8, 4) is 0 Å². The van der Waals surface area contributed by atoms with Crippen LogP contribution in [0.2, 0.25) is 0 Å². The van der Waals surface area contributed by atoms with Gasteiger partial charge in [0, 0.05) is 31.6 Å². The van der Waals surface area contributed by atoms with E-state index in [-0.39, 0.29) is 43.7 Å². The highest BCUT2D eigenvalue weighted by atomic mass is 35.5. The van der Waals surface area contributed by atoms with Crippen LogP contribution >= 0.6 is 12.4 Å². The number of likely N-dealkylation sites (tertiary alicyclic amines) is 1. The highest BCUT2D eigenvalue weighted by Crippen LogP contribution is 2.21. The average molecular weight is 525 g/mol. The molecule has 3 amide bonds. The summed E-state index contributed by atoms with van der Waals surface area (Å²) in [5.41, 5.74) is 6.87. The Balaban J connectivity index is 0.00000380. The van der Waals surface area contributed by atoms with E-state index < -0.39 is 24.1 Å². The van der Waals surface area contributed by atoms with E-state index in [1.165, 1.54) is 0 Å². The first kappa shape index (κ1) is 28.1. The summed E-state index contributed by atoms with van der Waals surface area (Å²) in [6, 6.07) is 21.2. The molecular formula is C28H33ClN4O4. The molecule has 1 heterocycles. The fourth-order valence-electron chi connectivity index (χ4n) is 4.53. The number of aliphatic hydroxyl groups excluding tert-OH is 1. The van der Waals surface area contributed by atoms with Crippen molar-refractivity contribution in [2.75, 3.05) is 19.6 Å². The molecule has 1 aliphatic heterocycles. The number of amides is 3. The summed E-state index contributed by atoms with van der Waals surface area (Å²) in [6.45, 7) is 0.484. The molecule has 2 unspecified atom stereocenters. The van der Waals surface area contributed by atoms with E-state index in [0.717, 1.165) is 16.3 Å². The minimum absolute atomic E-state index is 0. The fraction of sp³-hybridized carbons (Fsp3) is 0.321. The molecule has 5 N–H and O–H groups in total. The number of nitrogens with two attached hydrogens (primary N) is 1. The van der Waals surface area contributed by atoms with Crippen molar-refractivity contribution in [3.05, 3.63) is 83.9 Å². The van der Waals surface area contributed by atoms with E-state index in [9.17, 15) is 19.5 Å². The largest absolute Gasteiger partial charge is 0.390 e. The quantitative estimate of drug-likeness (QED) is 0.341. The van der Waals surface area contributed by atoms with Gasteiger partial charge < -0.3 is 26.4 Å². The topological polar surface area (TPSA) is 125 Å². The standard InChI is InChI=1S/C28H32N4O4.ClH/c29-17-23(33)18-30-26(34)24(16-19-12-13-20-7-4-5-10-22(20)15-19)31-27(35)25-11-6-14-32(25)28(36)21-8-2-1-3-9-21;/h1-5,7-10,12-13,15,23-25,33H,6,11,14,16-18,29H2,(H,30,34)(H,31,35);1H/t23?,24-,25?;/m1./s1. The Bertz CT molecular complexity index is 1220. The molecule has 37 heavy (non-hydrogen) atoms. The Morgan fingerprint density at radius 3 is 2.43 bits per heavy atom.